The largest absolute Gasteiger partial charge is 0.428 e. The van der Waals surface area contributed by atoms with E-state index in [9.17, 15) is 4.79 Å². The molecular formula is C11H13NO4. The monoisotopic (exact) mass is 223 g/mol. The predicted octanol–water partition coefficient (Wildman–Crippen LogP) is 0.524. The van der Waals surface area contributed by atoms with Crippen LogP contribution in [0.2, 0.25) is 0 Å². The van der Waals surface area contributed by atoms with Gasteiger partial charge < -0.3 is 19.9 Å². The van der Waals surface area contributed by atoms with Crippen molar-refractivity contribution in [3.63, 3.8) is 0 Å². The van der Waals surface area contributed by atoms with Crippen molar-refractivity contribution in [2.75, 3.05) is 7.05 Å². The lowest BCUT2D eigenvalue weighted by Gasteiger charge is -2.08. The van der Waals surface area contributed by atoms with E-state index in [4.69, 9.17) is 14.6 Å². The number of benzene rings is 1. The van der Waals surface area contributed by atoms with E-state index in [2.05, 4.69) is 5.32 Å². The maximum atomic E-state index is 11.8. The fourth-order valence-electron chi connectivity index (χ4n) is 1.47. The van der Waals surface area contributed by atoms with Crippen LogP contribution in [0.1, 0.15) is 17.3 Å². The normalized spacial score (nSPS) is 19.6. The number of ketones is 1. The van der Waals surface area contributed by atoms with E-state index < -0.39 is 6.48 Å². The number of hydrogen-bond donors (Lipinski definition) is 2. The molecule has 1 aliphatic rings. The Morgan fingerprint density at radius 3 is 2.81 bits per heavy atom. The number of carbonyl (C=O) groups excluding carboxylic acids is 1. The Morgan fingerprint density at radius 1 is 1.44 bits per heavy atom. The van der Waals surface area contributed by atoms with Crippen LogP contribution in [0.25, 0.3) is 0 Å². The van der Waals surface area contributed by atoms with E-state index in [1.807, 2.05) is 0 Å². The highest BCUT2D eigenvalue weighted by Crippen LogP contribution is 2.34. The molecule has 0 bridgehead atoms. The number of aliphatic hydroxyl groups is 1. The van der Waals surface area contributed by atoms with Gasteiger partial charge in [-0.1, -0.05) is 0 Å². The highest BCUT2D eigenvalue weighted by atomic mass is 16.8. The molecule has 1 unspecified atom stereocenters. The summed E-state index contributed by atoms with van der Waals surface area (Å²) < 4.78 is 9.91. The van der Waals surface area contributed by atoms with E-state index in [-0.39, 0.29) is 11.8 Å². The molecule has 0 amide bonds. The van der Waals surface area contributed by atoms with Crippen LogP contribution in [0, 0.1) is 0 Å². The molecule has 2 rings (SSSR count). The summed E-state index contributed by atoms with van der Waals surface area (Å²) in [5.74, 6) is 0.804. The number of hydrogen-bond acceptors (Lipinski definition) is 5. The minimum absolute atomic E-state index is 0.0321. The number of ether oxygens (including phenoxy) is 2. The maximum Gasteiger partial charge on any atom is 0.358 e. The predicted molar refractivity (Wildman–Crippen MR) is 56.6 cm³/mol. The molecule has 0 aliphatic carbocycles. The van der Waals surface area contributed by atoms with Gasteiger partial charge in [0.25, 0.3) is 0 Å². The number of aliphatic hydroxyl groups excluding tert-OH is 1. The summed E-state index contributed by atoms with van der Waals surface area (Å²) in [5.41, 5.74) is 0.526. The van der Waals surface area contributed by atoms with Crippen molar-refractivity contribution in [3.8, 4) is 11.5 Å². The standard InChI is InChI=1S/C11H13NO4/c1-6(12-2)10(13)7-3-4-8-9(5-7)16-11(14)15-8/h3-6,11-12,14H,1-2H3/t6-,11?/m0/s1. The zero-order chi connectivity index (χ0) is 11.7. The average Bonchev–Trinajstić information content (AvgIpc) is 2.65. The van der Waals surface area contributed by atoms with Crippen LogP contribution in [0.4, 0.5) is 0 Å². The summed E-state index contributed by atoms with van der Waals surface area (Å²) in [5, 5.41) is 12.0. The van der Waals surface area contributed by atoms with Crippen LogP contribution in [-0.4, -0.2) is 30.5 Å². The molecule has 2 atom stereocenters. The Kier molecular flexibility index (Phi) is 2.80. The molecule has 86 valence electrons. The second-order valence-corrected chi connectivity index (χ2v) is 3.58. The third-order valence-electron chi connectivity index (χ3n) is 2.51. The Balaban J connectivity index is 2.26. The third kappa shape index (κ3) is 1.87. The number of nitrogens with one attached hydrogen (secondary N) is 1. The lowest BCUT2D eigenvalue weighted by Crippen LogP contribution is -2.30. The van der Waals surface area contributed by atoms with Gasteiger partial charge in [-0.2, -0.15) is 0 Å². The van der Waals surface area contributed by atoms with Gasteiger partial charge in [-0.25, -0.2) is 0 Å². The second-order valence-electron chi connectivity index (χ2n) is 3.58. The van der Waals surface area contributed by atoms with Crippen molar-refractivity contribution >= 4 is 5.78 Å². The summed E-state index contributed by atoms with van der Waals surface area (Å²) >= 11 is 0. The molecule has 2 N–H and O–H groups in total. The third-order valence-corrected chi connectivity index (χ3v) is 2.51. The van der Waals surface area contributed by atoms with Crippen LogP contribution in [0.15, 0.2) is 18.2 Å². The SMILES string of the molecule is CN[C@@H](C)C(=O)c1ccc2c(c1)OC(O)O2. The zero-order valence-corrected chi connectivity index (χ0v) is 9.06. The fourth-order valence-corrected chi connectivity index (χ4v) is 1.47. The lowest BCUT2D eigenvalue weighted by atomic mass is 10.1. The molecule has 0 saturated heterocycles. The second kappa shape index (κ2) is 4.11. The van der Waals surface area contributed by atoms with Crippen molar-refractivity contribution in [1.82, 2.24) is 5.32 Å². The molecule has 0 spiro atoms. The quantitative estimate of drug-likeness (QED) is 0.731. The number of carbonyl (C=O) groups is 1. The van der Waals surface area contributed by atoms with Crippen LogP contribution in [-0.2, 0) is 0 Å². The first-order valence-corrected chi connectivity index (χ1v) is 4.98. The van der Waals surface area contributed by atoms with Crippen LogP contribution < -0.4 is 14.8 Å². The number of likely N-dealkylation sites (N-methyl/N-ethyl adjacent to an activating group) is 1. The molecule has 16 heavy (non-hydrogen) atoms. The molecule has 5 heteroatoms. The molecule has 1 aliphatic heterocycles. The van der Waals surface area contributed by atoms with Crippen molar-refractivity contribution in [2.45, 2.75) is 19.4 Å². The van der Waals surface area contributed by atoms with E-state index in [0.29, 0.717) is 17.1 Å². The van der Waals surface area contributed by atoms with Gasteiger partial charge in [-0.3, -0.25) is 4.79 Å². The number of Topliss-reactive ketones (excluding diaryl/α,β-unsaturated/α-hetero) is 1. The first-order valence-electron chi connectivity index (χ1n) is 4.98. The van der Waals surface area contributed by atoms with Gasteiger partial charge in [-0.05, 0) is 32.2 Å². The smallest absolute Gasteiger partial charge is 0.358 e. The van der Waals surface area contributed by atoms with Gasteiger partial charge >= 0.3 is 6.48 Å². The van der Waals surface area contributed by atoms with Gasteiger partial charge in [0, 0.05) is 5.56 Å². The highest BCUT2D eigenvalue weighted by Gasteiger charge is 2.23. The molecule has 0 radical (unpaired) electrons. The van der Waals surface area contributed by atoms with Gasteiger partial charge in [0.15, 0.2) is 17.3 Å². The van der Waals surface area contributed by atoms with Crippen molar-refractivity contribution in [3.05, 3.63) is 23.8 Å². The van der Waals surface area contributed by atoms with E-state index >= 15 is 0 Å². The minimum Gasteiger partial charge on any atom is -0.428 e. The first kappa shape index (κ1) is 10.9. The average molecular weight is 223 g/mol. The van der Waals surface area contributed by atoms with Crippen molar-refractivity contribution < 1.29 is 19.4 Å². The summed E-state index contributed by atoms with van der Waals surface area (Å²) in [7, 11) is 1.72. The molecule has 5 nitrogen and oxygen atoms in total. The minimum atomic E-state index is -1.28. The molecule has 0 aromatic heterocycles. The maximum absolute atomic E-state index is 11.8. The van der Waals surface area contributed by atoms with Crippen molar-refractivity contribution in [2.24, 2.45) is 0 Å². The van der Waals surface area contributed by atoms with Crippen LogP contribution in [0.5, 0.6) is 11.5 Å². The first-order chi connectivity index (χ1) is 7.61. The summed E-state index contributed by atoms with van der Waals surface area (Å²) in [6.45, 7) is 0.504. The van der Waals surface area contributed by atoms with E-state index in [1.54, 1.807) is 32.2 Å². The molecule has 0 saturated carbocycles. The van der Waals surface area contributed by atoms with Crippen LogP contribution >= 0.6 is 0 Å². The van der Waals surface area contributed by atoms with Gasteiger partial charge in [0.05, 0.1) is 6.04 Å². The molecular weight excluding hydrogens is 210 g/mol. The Labute approximate surface area is 93.0 Å². The Hall–Kier alpha value is -1.59. The molecule has 0 fully saturated rings. The zero-order valence-electron chi connectivity index (χ0n) is 9.06. The summed E-state index contributed by atoms with van der Waals surface area (Å²) in [4.78, 5) is 11.8. The number of rotatable bonds is 3. The summed E-state index contributed by atoms with van der Waals surface area (Å²) in [6.07, 6.45) is 0. The number of fused-ring (bicyclic) bond motifs is 1. The van der Waals surface area contributed by atoms with Crippen LogP contribution in [0.3, 0.4) is 0 Å². The van der Waals surface area contributed by atoms with E-state index in [1.165, 1.54) is 0 Å². The highest BCUT2D eigenvalue weighted by molar-refractivity contribution is 6.00. The molecule has 1 heterocycles. The van der Waals surface area contributed by atoms with Gasteiger partial charge in [-0.15, -0.1) is 0 Å². The molecule has 1 aromatic carbocycles. The lowest BCUT2D eigenvalue weighted by molar-refractivity contribution is -0.133. The molecule has 1 aromatic rings. The Bertz CT molecular complexity index is 418. The topological polar surface area (TPSA) is 67.8 Å². The Morgan fingerprint density at radius 2 is 2.12 bits per heavy atom. The van der Waals surface area contributed by atoms with Crippen molar-refractivity contribution in [1.29, 1.82) is 0 Å². The van der Waals surface area contributed by atoms with E-state index in [0.717, 1.165) is 0 Å². The van der Waals surface area contributed by atoms with Gasteiger partial charge in [0.2, 0.25) is 0 Å². The van der Waals surface area contributed by atoms with Gasteiger partial charge in [0.1, 0.15) is 0 Å². The fraction of sp³-hybridized carbons (Fsp3) is 0.364. The summed E-state index contributed by atoms with van der Waals surface area (Å²) in [6, 6.07) is 4.57.